The van der Waals surface area contributed by atoms with Crippen LogP contribution in [0.4, 0.5) is 0 Å². The maximum Gasteiger partial charge on any atom is 0.155 e. The molecule has 0 spiro atoms. The van der Waals surface area contributed by atoms with Crippen molar-refractivity contribution < 1.29 is 9.47 Å². The Morgan fingerprint density at radius 2 is 2.13 bits per heavy atom. The maximum atomic E-state index is 5.94. The van der Waals surface area contributed by atoms with E-state index in [1.807, 2.05) is 13.8 Å². The van der Waals surface area contributed by atoms with Crippen LogP contribution in [0.25, 0.3) is 0 Å². The van der Waals surface area contributed by atoms with Crippen LogP contribution in [0.3, 0.4) is 0 Å². The van der Waals surface area contributed by atoms with Crippen LogP contribution in [0.5, 0.6) is 0 Å². The second kappa shape index (κ2) is 5.66. The Morgan fingerprint density at radius 3 is 2.73 bits per heavy atom. The summed E-state index contributed by atoms with van der Waals surface area (Å²) in [4.78, 5) is 0. The molecular weight excluding hydrogens is 188 g/mol. The van der Waals surface area contributed by atoms with E-state index < -0.39 is 0 Å². The first-order chi connectivity index (χ1) is 7.06. The van der Waals surface area contributed by atoms with Gasteiger partial charge in [0.1, 0.15) is 0 Å². The van der Waals surface area contributed by atoms with E-state index in [4.69, 9.17) is 9.47 Å². The molecule has 0 aliphatic heterocycles. The molecule has 0 saturated carbocycles. The second-order valence-electron chi connectivity index (χ2n) is 4.60. The SMILES string of the molecule is CCOC(C)O[C@@H]1C(C)=CCC(C)C1C. The summed E-state index contributed by atoms with van der Waals surface area (Å²) < 4.78 is 11.4. The van der Waals surface area contributed by atoms with Gasteiger partial charge in [0.05, 0.1) is 6.10 Å². The predicted molar refractivity (Wildman–Crippen MR) is 62.7 cm³/mol. The third kappa shape index (κ3) is 3.32. The number of allylic oxidation sites excluding steroid dienone is 1. The van der Waals surface area contributed by atoms with Crippen molar-refractivity contribution in [2.45, 2.75) is 53.4 Å². The van der Waals surface area contributed by atoms with Crippen molar-refractivity contribution >= 4 is 0 Å². The average Bonchev–Trinajstić information content (AvgIpc) is 2.19. The minimum absolute atomic E-state index is 0.101. The number of ether oxygens (including phenoxy) is 2. The van der Waals surface area contributed by atoms with Crippen LogP contribution >= 0.6 is 0 Å². The van der Waals surface area contributed by atoms with Gasteiger partial charge >= 0.3 is 0 Å². The van der Waals surface area contributed by atoms with Crippen molar-refractivity contribution in [3.05, 3.63) is 11.6 Å². The highest BCUT2D eigenvalue weighted by molar-refractivity contribution is 5.11. The van der Waals surface area contributed by atoms with Crippen LogP contribution in [0.15, 0.2) is 11.6 Å². The normalized spacial score (nSPS) is 33.7. The second-order valence-corrected chi connectivity index (χ2v) is 4.60. The first kappa shape index (κ1) is 12.7. The zero-order valence-electron chi connectivity index (χ0n) is 10.6. The fraction of sp³-hybridized carbons (Fsp3) is 0.846. The molecule has 1 aliphatic carbocycles. The molecule has 0 aromatic rings. The van der Waals surface area contributed by atoms with Gasteiger partial charge in [-0.2, -0.15) is 0 Å². The Bertz CT molecular complexity index is 223. The highest BCUT2D eigenvalue weighted by Gasteiger charge is 2.29. The van der Waals surface area contributed by atoms with E-state index in [0.717, 1.165) is 0 Å². The van der Waals surface area contributed by atoms with Crippen molar-refractivity contribution in [3.63, 3.8) is 0 Å². The molecule has 0 aromatic carbocycles. The Labute approximate surface area is 93.7 Å². The quantitative estimate of drug-likeness (QED) is 0.525. The lowest BCUT2D eigenvalue weighted by Crippen LogP contribution is -2.34. The summed E-state index contributed by atoms with van der Waals surface area (Å²) in [5, 5.41) is 0. The molecule has 88 valence electrons. The van der Waals surface area contributed by atoms with Gasteiger partial charge in [-0.25, -0.2) is 0 Å². The molecule has 0 amide bonds. The minimum atomic E-state index is -0.101. The van der Waals surface area contributed by atoms with Gasteiger partial charge in [0.2, 0.25) is 0 Å². The smallest absolute Gasteiger partial charge is 0.155 e. The summed E-state index contributed by atoms with van der Waals surface area (Å²) in [5.74, 6) is 1.28. The molecule has 0 radical (unpaired) electrons. The van der Waals surface area contributed by atoms with Crippen LogP contribution < -0.4 is 0 Å². The number of rotatable bonds is 4. The molecule has 0 saturated heterocycles. The van der Waals surface area contributed by atoms with E-state index in [-0.39, 0.29) is 12.4 Å². The van der Waals surface area contributed by atoms with Gasteiger partial charge in [0.25, 0.3) is 0 Å². The molecule has 4 atom stereocenters. The van der Waals surface area contributed by atoms with E-state index in [0.29, 0.717) is 18.4 Å². The van der Waals surface area contributed by atoms with Crippen LogP contribution in [-0.2, 0) is 9.47 Å². The number of hydrogen-bond acceptors (Lipinski definition) is 2. The Morgan fingerprint density at radius 1 is 1.47 bits per heavy atom. The Balaban J connectivity index is 2.58. The largest absolute Gasteiger partial charge is 0.353 e. The lowest BCUT2D eigenvalue weighted by atomic mass is 9.80. The summed E-state index contributed by atoms with van der Waals surface area (Å²) in [6.07, 6.45) is 3.61. The van der Waals surface area contributed by atoms with Crippen molar-refractivity contribution in [3.8, 4) is 0 Å². The lowest BCUT2D eigenvalue weighted by molar-refractivity contribution is -0.163. The molecule has 2 nitrogen and oxygen atoms in total. The summed E-state index contributed by atoms with van der Waals surface area (Å²) in [6, 6.07) is 0. The van der Waals surface area contributed by atoms with E-state index in [9.17, 15) is 0 Å². The first-order valence-electron chi connectivity index (χ1n) is 6.00. The van der Waals surface area contributed by atoms with Crippen molar-refractivity contribution in [2.75, 3.05) is 6.61 Å². The highest BCUT2D eigenvalue weighted by Crippen LogP contribution is 2.32. The third-order valence-electron chi connectivity index (χ3n) is 3.38. The monoisotopic (exact) mass is 212 g/mol. The standard InChI is InChI=1S/C13H24O2/c1-6-14-12(5)15-13-10(3)8-7-9(2)11(13)4/h8-9,11-13H,6-7H2,1-5H3/t9?,11?,12?,13-/m1/s1. The first-order valence-corrected chi connectivity index (χ1v) is 6.00. The van der Waals surface area contributed by atoms with Crippen molar-refractivity contribution in [1.29, 1.82) is 0 Å². The predicted octanol–water partition coefficient (Wildman–Crippen LogP) is 3.38. The molecule has 2 heteroatoms. The van der Waals surface area contributed by atoms with Gasteiger partial charge in [-0.3, -0.25) is 0 Å². The van der Waals surface area contributed by atoms with E-state index >= 15 is 0 Å². The molecule has 15 heavy (non-hydrogen) atoms. The Kier molecular flexibility index (Phi) is 4.81. The summed E-state index contributed by atoms with van der Waals surface area (Å²) in [5.41, 5.74) is 1.35. The lowest BCUT2D eigenvalue weighted by Gasteiger charge is -2.35. The fourth-order valence-corrected chi connectivity index (χ4v) is 2.13. The zero-order valence-corrected chi connectivity index (χ0v) is 10.6. The van der Waals surface area contributed by atoms with Gasteiger partial charge in [-0.1, -0.05) is 19.9 Å². The van der Waals surface area contributed by atoms with Crippen LogP contribution in [0, 0.1) is 11.8 Å². The number of hydrogen-bond donors (Lipinski definition) is 0. The third-order valence-corrected chi connectivity index (χ3v) is 3.38. The molecular formula is C13H24O2. The van der Waals surface area contributed by atoms with Crippen LogP contribution in [0.1, 0.15) is 41.0 Å². The molecule has 0 bridgehead atoms. The van der Waals surface area contributed by atoms with Gasteiger partial charge in [-0.15, -0.1) is 0 Å². The van der Waals surface area contributed by atoms with Crippen LogP contribution in [0.2, 0.25) is 0 Å². The molecule has 0 fully saturated rings. The minimum Gasteiger partial charge on any atom is -0.353 e. The van der Waals surface area contributed by atoms with E-state index in [1.54, 1.807) is 0 Å². The van der Waals surface area contributed by atoms with Gasteiger partial charge < -0.3 is 9.47 Å². The van der Waals surface area contributed by atoms with Gasteiger partial charge in [-0.05, 0) is 44.6 Å². The van der Waals surface area contributed by atoms with E-state index in [1.165, 1.54) is 12.0 Å². The molecule has 1 aliphatic rings. The Hall–Kier alpha value is -0.340. The molecule has 0 N–H and O–H groups in total. The summed E-state index contributed by atoms with van der Waals surface area (Å²) >= 11 is 0. The van der Waals surface area contributed by atoms with Crippen molar-refractivity contribution in [1.82, 2.24) is 0 Å². The van der Waals surface area contributed by atoms with Gasteiger partial charge in [0, 0.05) is 6.61 Å². The zero-order chi connectivity index (χ0) is 11.4. The van der Waals surface area contributed by atoms with Crippen molar-refractivity contribution in [2.24, 2.45) is 11.8 Å². The fourth-order valence-electron chi connectivity index (χ4n) is 2.13. The molecule has 0 heterocycles. The molecule has 0 aromatic heterocycles. The van der Waals surface area contributed by atoms with Crippen LogP contribution in [-0.4, -0.2) is 19.0 Å². The van der Waals surface area contributed by atoms with Gasteiger partial charge in [0.15, 0.2) is 6.29 Å². The summed E-state index contributed by atoms with van der Waals surface area (Å²) in [6.45, 7) is 11.4. The molecule has 1 rings (SSSR count). The maximum absolute atomic E-state index is 5.94. The summed E-state index contributed by atoms with van der Waals surface area (Å²) in [7, 11) is 0. The van der Waals surface area contributed by atoms with E-state index in [2.05, 4.69) is 26.8 Å². The average molecular weight is 212 g/mol. The molecule has 3 unspecified atom stereocenters. The topological polar surface area (TPSA) is 18.5 Å². The highest BCUT2D eigenvalue weighted by atomic mass is 16.7.